The van der Waals surface area contributed by atoms with Gasteiger partial charge in [0.1, 0.15) is 0 Å². The average molecular weight is 278 g/mol. The monoisotopic (exact) mass is 278 g/mol. The smallest absolute Gasteiger partial charge is 0.154 e. The van der Waals surface area contributed by atoms with Crippen molar-refractivity contribution in [2.24, 2.45) is 0 Å². The summed E-state index contributed by atoms with van der Waals surface area (Å²) >= 11 is 0. The van der Waals surface area contributed by atoms with Crippen LogP contribution in [0.15, 0.2) is 0 Å². The van der Waals surface area contributed by atoms with Crippen molar-refractivity contribution < 1.29 is 13.2 Å². The Kier molecular flexibility index (Phi) is 7.14. The van der Waals surface area contributed by atoms with Crippen LogP contribution in [0, 0.1) is 0 Å². The number of nitrogens with zero attached hydrogens (tertiary/aromatic N) is 1. The molecule has 0 bridgehead atoms. The van der Waals surface area contributed by atoms with Gasteiger partial charge in [0.15, 0.2) is 9.84 Å². The first-order valence-corrected chi connectivity index (χ1v) is 8.37. The summed E-state index contributed by atoms with van der Waals surface area (Å²) in [6.07, 6.45) is 2.70. The molecule has 0 aromatic carbocycles. The van der Waals surface area contributed by atoms with E-state index >= 15 is 0 Å². The molecule has 0 aliphatic carbocycles. The number of sulfone groups is 1. The Labute approximate surface area is 111 Å². The van der Waals surface area contributed by atoms with Gasteiger partial charge in [0.2, 0.25) is 0 Å². The van der Waals surface area contributed by atoms with Gasteiger partial charge in [-0.25, -0.2) is 8.42 Å². The van der Waals surface area contributed by atoms with Crippen molar-refractivity contribution >= 4 is 9.84 Å². The summed E-state index contributed by atoms with van der Waals surface area (Å²) in [6.45, 7) is 3.95. The molecule has 1 rings (SSSR count). The maximum Gasteiger partial charge on any atom is 0.154 e. The van der Waals surface area contributed by atoms with Gasteiger partial charge in [0.25, 0.3) is 0 Å². The molecule has 108 valence electrons. The van der Waals surface area contributed by atoms with Gasteiger partial charge in [-0.3, -0.25) is 0 Å². The Hall–Kier alpha value is -0.170. The van der Waals surface area contributed by atoms with Gasteiger partial charge in [0, 0.05) is 33.3 Å². The molecule has 0 aromatic rings. The Bertz CT molecular complexity index is 319. The van der Waals surface area contributed by atoms with E-state index in [2.05, 4.69) is 10.2 Å². The fourth-order valence-electron chi connectivity index (χ4n) is 2.23. The fraction of sp³-hybridized carbons (Fsp3) is 1.00. The van der Waals surface area contributed by atoms with Crippen LogP contribution in [0.2, 0.25) is 0 Å². The number of methoxy groups -OCH3 is 1. The summed E-state index contributed by atoms with van der Waals surface area (Å²) in [7, 11) is 0.831. The van der Waals surface area contributed by atoms with Crippen LogP contribution in [0.1, 0.15) is 19.3 Å². The molecule has 0 saturated carbocycles. The van der Waals surface area contributed by atoms with Crippen LogP contribution < -0.4 is 5.32 Å². The highest BCUT2D eigenvalue weighted by Gasteiger charge is 2.29. The van der Waals surface area contributed by atoms with E-state index in [9.17, 15) is 8.42 Å². The van der Waals surface area contributed by atoms with Crippen LogP contribution in [0.25, 0.3) is 0 Å². The van der Waals surface area contributed by atoms with Crippen molar-refractivity contribution in [1.82, 2.24) is 10.2 Å². The van der Waals surface area contributed by atoms with E-state index in [1.165, 1.54) is 0 Å². The molecule has 1 aliphatic rings. The van der Waals surface area contributed by atoms with Crippen molar-refractivity contribution in [2.75, 3.05) is 52.7 Å². The zero-order chi connectivity index (χ0) is 13.4. The number of hydrogen-bond donors (Lipinski definition) is 1. The molecule has 1 atom stereocenters. The van der Waals surface area contributed by atoms with Crippen molar-refractivity contribution in [2.45, 2.75) is 24.5 Å². The maximum atomic E-state index is 11.9. The van der Waals surface area contributed by atoms with Crippen LogP contribution >= 0.6 is 0 Å². The van der Waals surface area contributed by atoms with E-state index in [0.717, 1.165) is 38.9 Å². The molecule has 1 fully saturated rings. The number of rotatable bonds is 8. The van der Waals surface area contributed by atoms with Crippen molar-refractivity contribution in [3.63, 3.8) is 0 Å². The van der Waals surface area contributed by atoms with Crippen molar-refractivity contribution in [1.29, 1.82) is 0 Å². The lowest BCUT2D eigenvalue weighted by Gasteiger charge is -2.27. The summed E-state index contributed by atoms with van der Waals surface area (Å²) in [4.78, 5) is 2.10. The first kappa shape index (κ1) is 15.9. The molecule has 1 heterocycles. The highest BCUT2D eigenvalue weighted by atomic mass is 32.2. The van der Waals surface area contributed by atoms with Gasteiger partial charge in [0.05, 0.1) is 17.6 Å². The van der Waals surface area contributed by atoms with Crippen LogP contribution in [-0.4, -0.2) is 71.3 Å². The minimum absolute atomic E-state index is 0.157. The third-order valence-corrected chi connectivity index (χ3v) is 5.64. The normalized spacial score (nSPS) is 23.4. The molecule has 1 aliphatic heterocycles. The molecule has 0 amide bonds. The molecule has 5 nitrogen and oxygen atoms in total. The van der Waals surface area contributed by atoms with E-state index in [1.807, 2.05) is 7.05 Å². The van der Waals surface area contributed by atoms with Gasteiger partial charge in [-0.05, 0) is 19.9 Å². The van der Waals surface area contributed by atoms with E-state index < -0.39 is 9.84 Å². The quantitative estimate of drug-likeness (QED) is 0.639. The summed E-state index contributed by atoms with van der Waals surface area (Å²) in [5.74, 6) is 0.373. The average Bonchev–Trinajstić information content (AvgIpc) is 2.31. The summed E-state index contributed by atoms with van der Waals surface area (Å²) < 4.78 is 28.7. The molecular formula is C12H26N2O3S. The number of ether oxygens (including phenoxy) is 1. The first-order valence-electron chi connectivity index (χ1n) is 6.66. The lowest BCUT2D eigenvalue weighted by Crippen LogP contribution is -2.40. The molecule has 0 radical (unpaired) electrons. The first-order chi connectivity index (χ1) is 8.56. The molecule has 6 heteroatoms. The van der Waals surface area contributed by atoms with Crippen molar-refractivity contribution in [3.8, 4) is 0 Å². The Morgan fingerprint density at radius 3 is 2.78 bits per heavy atom. The summed E-state index contributed by atoms with van der Waals surface area (Å²) in [6, 6.07) is 0. The van der Waals surface area contributed by atoms with Gasteiger partial charge in [-0.15, -0.1) is 0 Å². The Morgan fingerprint density at radius 2 is 2.11 bits per heavy atom. The van der Waals surface area contributed by atoms with Gasteiger partial charge < -0.3 is 15.0 Å². The molecule has 0 aromatic heterocycles. The minimum Gasteiger partial charge on any atom is -0.383 e. The van der Waals surface area contributed by atoms with E-state index in [0.29, 0.717) is 18.9 Å². The fourth-order valence-corrected chi connectivity index (χ4v) is 4.18. The SMILES string of the molecule is COCCNCCN(C)CC1CCCCS1(=O)=O. The standard InChI is InChI=1S/C12H26N2O3S/c1-14(8-6-13-7-9-17-2)11-12-5-3-4-10-18(12,15)16/h12-13H,3-11H2,1-2H3. The zero-order valence-electron chi connectivity index (χ0n) is 11.5. The largest absolute Gasteiger partial charge is 0.383 e. The topological polar surface area (TPSA) is 58.6 Å². The number of likely N-dealkylation sites (N-methyl/N-ethyl adjacent to an activating group) is 1. The van der Waals surface area contributed by atoms with Crippen molar-refractivity contribution in [3.05, 3.63) is 0 Å². The second-order valence-corrected chi connectivity index (χ2v) is 7.39. The second kappa shape index (κ2) is 8.09. The zero-order valence-corrected chi connectivity index (χ0v) is 12.3. The lowest BCUT2D eigenvalue weighted by atomic mass is 10.2. The van der Waals surface area contributed by atoms with Crippen LogP contribution in [-0.2, 0) is 14.6 Å². The van der Waals surface area contributed by atoms with Crippen LogP contribution in [0.3, 0.4) is 0 Å². The molecule has 18 heavy (non-hydrogen) atoms. The summed E-state index contributed by atoms with van der Waals surface area (Å²) in [5, 5.41) is 3.10. The van der Waals surface area contributed by atoms with Crippen LogP contribution in [0.5, 0.6) is 0 Å². The predicted octanol–water partition coefficient (Wildman–Crippen LogP) is 0.122. The summed E-state index contributed by atoms with van der Waals surface area (Å²) in [5.41, 5.74) is 0. The third kappa shape index (κ3) is 5.65. The third-order valence-electron chi connectivity index (χ3n) is 3.38. The molecule has 1 saturated heterocycles. The van der Waals surface area contributed by atoms with E-state index in [4.69, 9.17) is 4.74 Å². The highest BCUT2D eigenvalue weighted by Crippen LogP contribution is 2.19. The molecule has 1 unspecified atom stereocenters. The Balaban J connectivity index is 2.20. The lowest BCUT2D eigenvalue weighted by molar-refractivity contribution is 0.197. The number of nitrogens with one attached hydrogen (secondary N) is 1. The van der Waals surface area contributed by atoms with Gasteiger partial charge in [-0.2, -0.15) is 0 Å². The molecule has 1 N–H and O–H groups in total. The maximum absolute atomic E-state index is 11.9. The second-order valence-electron chi connectivity index (χ2n) is 4.99. The minimum atomic E-state index is -2.84. The van der Waals surface area contributed by atoms with E-state index in [1.54, 1.807) is 7.11 Å². The highest BCUT2D eigenvalue weighted by molar-refractivity contribution is 7.92. The van der Waals surface area contributed by atoms with Crippen LogP contribution in [0.4, 0.5) is 0 Å². The number of hydrogen-bond acceptors (Lipinski definition) is 5. The van der Waals surface area contributed by atoms with Gasteiger partial charge in [-0.1, -0.05) is 6.42 Å². The Morgan fingerprint density at radius 1 is 1.33 bits per heavy atom. The molecular weight excluding hydrogens is 252 g/mol. The predicted molar refractivity (Wildman–Crippen MR) is 73.7 cm³/mol. The van der Waals surface area contributed by atoms with Gasteiger partial charge >= 0.3 is 0 Å². The van der Waals surface area contributed by atoms with E-state index in [-0.39, 0.29) is 5.25 Å². The molecule has 0 spiro atoms.